The number of benzene rings is 2. The molecule has 0 saturated heterocycles. The number of rotatable bonds is 6. The van der Waals surface area contributed by atoms with E-state index in [1.54, 1.807) is 12.3 Å². The third-order valence-corrected chi connectivity index (χ3v) is 7.52. The van der Waals surface area contributed by atoms with Crippen LogP contribution in [0.1, 0.15) is 35.4 Å². The minimum Gasteiger partial charge on any atom is -0.489 e. The second-order valence-electron chi connectivity index (χ2n) is 8.91. The van der Waals surface area contributed by atoms with Crippen LogP contribution < -0.4 is 14.8 Å². The monoisotopic (exact) mass is 538 g/mol. The Kier molecular flexibility index (Phi) is 5.34. The molecule has 2 aromatic carbocycles. The standard InChI is InChI=1S/C26H20BrClN2O4/c27-14-1-4-20(28)13(9-14)10-15(31)11-19-24-18-12-16(2-5-21(18)34-25(19)24)33-22-7-8-29-26-17(22)3-6-23(32)30-26/h1-2,4-5,7-9,12,19,24-25H,3,6,10-11H2,(H,29,30,32)/t19-,24+,25-/m1/s1. The predicted molar refractivity (Wildman–Crippen MR) is 131 cm³/mol. The lowest BCUT2D eigenvalue weighted by atomic mass is 10.0. The van der Waals surface area contributed by atoms with E-state index in [9.17, 15) is 9.59 Å². The van der Waals surface area contributed by atoms with E-state index in [-0.39, 0.29) is 29.6 Å². The Bertz CT molecular complexity index is 1340. The van der Waals surface area contributed by atoms with Gasteiger partial charge in [-0.3, -0.25) is 9.59 Å². The van der Waals surface area contributed by atoms with Gasteiger partial charge >= 0.3 is 0 Å². The number of hydrogen-bond donors (Lipinski definition) is 1. The van der Waals surface area contributed by atoms with Gasteiger partial charge < -0.3 is 14.8 Å². The molecule has 6 nitrogen and oxygen atoms in total. The molecule has 3 atom stereocenters. The maximum Gasteiger partial charge on any atom is 0.225 e. The second kappa shape index (κ2) is 8.40. The molecule has 8 heteroatoms. The van der Waals surface area contributed by atoms with Gasteiger partial charge in [0.15, 0.2) is 0 Å². The number of anilines is 1. The van der Waals surface area contributed by atoms with Crippen LogP contribution in [0.5, 0.6) is 17.2 Å². The Labute approximate surface area is 209 Å². The topological polar surface area (TPSA) is 77.5 Å². The minimum absolute atomic E-state index is 0.0330. The number of ether oxygens (including phenoxy) is 2. The lowest BCUT2D eigenvalue weighted by Crippen LogP contribution is -2.20. The molecule has 1 aromatic heterocycles. The molecule has 0 radical (unpaired) electrons. The average molecular weight is 540 g/mol. The van der Waals surface area contributed by atoms with Gasteiger partial charge in [-0.2, -0.15) is 0 Å². The van der Waals surface area contributed by atoms with E-state index in [1.807, 2.05) is 36.4 Å². The molecule has 1 saturated carbocycles. The highest BCUT2D eigenvalue weighted by molar-refractivity contribution is 9.10. The lowest BCUT2D eigenvalue weighted by molar-refractivity contribution is -0.119. The molecule has 0 unspecified atom stereocenters. The van der Waals surface area contributed by atoms with E-state index < -0.39 is 0 Å². The van der Waals surface area contributed by atoms with Crippen molar-refractivity contribution in [2.75, 3.05) is 5.32 Å². The number of nitrogens with one attached hydrogen (secondary N) is 1. The quantitative estimate of drug-likeness (QED) is 0.425. The van der Waals surface area contributed by atoms with Crippen molar-refractivity contribution in [2.45, 2.75) is 37.7 Å². The van der Waals surface area contributed by atoms with Crippen LogP contribution in [0.3, 0.4) is 0 Å². The summed E-state index contributed by atoms with van der Waals surface area (Å²) in [5.74, 6) is 3.29. The summed E-state index contributed by atoms with van der Waals surface area (Å²) in [7, 11) is 0. The highest BCUT2D eigenvalue weighted by Gasteiger charge is 2.59. The summed E-state index contributed by atoms with van der Waals surface area (Å²) in [4.78, 5) is 28.7. The van der Waals surface area contributed by atoms with E-state index in [1.165, 1.54) is 0 Å². The van der Waals surface area contributed by atoms with Crippen LogP contribution >= 0.6 is 27.5 Å². The molecule has 3 heterocycles. The molecule has 3 aromatic rings. The summed E-state index contributed by atoms with van der Waals surface area (Å²) in [6.07, 6.45) is 3.45. The van der Waals surface area contributed by atoms with E-state index in [2.05, 4.69) is 26.2 Å². The van der Waals surface area contributed by atoms with Gasteiger partial charge in [0, 0.05) is 57.9 Å². The second-order valence-corrected chi connectivity index (χ2v) is 10.2. The highest BCUT2D eigenvalue weighted by atomic mass is 79.9. The van der Waals surface area contributed by atoms with Crippen LogP contribution in [0.25, 0.3) is 0 Å². The lowest BCUT2D eigenvalue weighted by Gasteiger charge is -2.19. The van der Waals surface area contributed by atoms with Gasteiger partial charge in [0.1, 0.15) is 35.0 Å². The highest BCUT2D eigenvalue weighted by Crippen LogP contribution is 2.60. The maximum atomic E-state index is 12.7. The van der Waals surface area contributed by atoms with Crippen molar-refractivity contribution in [1.29, 1.82) is 0 Å². The van der Waals surface area contributed by atoms with Gasteiger partial charge in [0.2, 0.25) is 5.91 Å². The molecule has 6 rings (SSSR count). The Morgan fingerprint density at radius 3 is 2.97 bits per heavy atom. The maximum absolute atomic E-state index is 12.7. The molecule has 3 aliphatic rings. The normalized spacial score (nSPS) is 21.6. The third-order valence-electron chi connectivity index (χ3n) is 6.66. The van der Waals surface area contributed by atoms with Crippen LogP contribution in [0.2, 0.25) is 5.02 Å². The number of amides is 1. The fourth-order valence-electron chi connectivity index (χ4n) is 4.96. The molecule has 0 bridgehead atoms. The number of carbonyl (C=O) groups is 2. The first-order valence-corrected chi connectivity index (χ1v) is 12.3. The SMILES string of the molecule is O=C(Cc1cc(Br)ccc1Cl)C[C@H]1[C@H]2Oc3ccc(Oc4ccnc5c4CCC(=O)N5)cc3[C@@H]12. The first-order valence-electron chi connectivity index (χ1n) is 11.2. The number of Topliss-reactive ketones (excluding diaryl/α,β-unsaturated/α-hetero) is 1. The van der Waals surface area contributed by atoms with Crippen molar-refractivity contribution >= 4 is 45.0 Å². The number of pyridine rings is 1. The van der Waals surface area contributed by atoms with Crippen LogP contribution in [0.4, 0.5) is 5.82 Å². The van der Waals surface area contributed by atoms with Gasteiger partial charge in [0.25, 0.3) is 0 Å². The zero-order valence-electron chi connectivity index (χ0n) is 18.0. The number of carbonyl (C=O) groups excluding carboxylic acids is 2. The van der Waals surface area contributed by atoms with Crippen molar-refractivity contribution in [3.05, 3.63) is 74.8 Å². The number of fused-ring (bicyclic) bond motifs is 4. The van der Waals surface area contributed by atoms with Gasteiger partial charge in [-0.15, -0.1) is 0 Å². The summed E-state index contributed by atoms with van der Waals surface area (Å²) in [6, 6.07) is 13.2. The molecule has 1 fully saturated rings. The fraction of sp³-hybridized carbons (Fsp3) is 0.269. The van der Waals surface area contributed by atoms with Crippen molar-refractivity contribution < 1.29 is 19.1 Å². The minimum atomic E-state index is -0.0330. The zero-order valence-corrected chi connectivity index (χ0v) is 20.4. The number of hydrogen-bond acceptors (Lipinski definition) is 5. The number of aromatic nitrogens is 1. The van der Waals surface area contributed by atoms with E-state index in [4.69, 9.17) is 21.1 Å². The summed E-state index contributed by atoms with van der Waals surface area (Å²) < 4.78 is 13.2. The van der Waals surface area contributed by atoms with Crippen molar-refractivity contribution in [1.82, 2.24) is 4.98 Å². The van der Waals surface area contributed by atoms with E-state index in [0.717, 1.165) is 26.9 Å². The summed E-state index contributed by atoms with van der Waals surface area (Å²) in [6.45, 7) is 0. The molecule has 34 heavy (non-hydrogen) atoms. The molecule has 2 aliphatic heterocycles. The van der Waals surface area contributed by atoms with Crippen LogP contribution in [-0.4, -0.2) is 22.8 Å². The van der Waals surface area contributed by atoms with Crippen LogP contribution in [0.15, 0.2) is 53.1 Å². The van der Waals surface area contributed by atoms with E-state index >= 15 is 0 Å². The van der Waals surface area contributed by atoms with Crippen LogP contribution in [0, 0.1) is 5.92 Å². The van der Waals surface area contributed by atoms with E-state index in [0.29, 0.717) is 48.0 Å². The summed E-state index contributed by atoms with van der Waals surface area (Å²) >= 11 is 9.69. The Morgan fingerprint density at radius 2 is 2.09 bits per heavy atom. The number of nitrogens with zero attached hydrogens (tertiary/aromatic N) is 1. The molecule has 1 aliphatic carbocycles. The Hall–Kier alpha value is -2.90. The Balaban J connectivity index is 1.15. The van der Waals surface area contributed by atoms with Crippen molar-refractivity contribution in [3.8, 4) is 17.2 Å². The first-order chi connectivity index (χ1) is 16.5. The van der Waals surface area contributed by atoms with Crippen molar-refractivity contribution in [3.63, 3.8) is 0 Å². The molecule has 0 spiro atoms. The number of halogens is 2. The smallest absolute Gasteiger partial charge is 0.225 e. The van der Waals surface area contributed by atoms with Gasteiger partial charge in [0.05, 0.1) is 0 Å². The predicted octanol–water partition coefficient (Wildman–Crippen LogP) is 5.85. The van der Waals surface area contributed by atoms with Crippen LogP contribution in [-0.2, 0) is 22.4 Å². The number of ketones is 1. The van der Waals surface area contributed by atoms with Crippen molar-refractivity contribution in [2.24, 2.45) is 5.92 Å². The molecule has 1 N–H and O–H groups in total. The largest absolute Gasteiger partial charge is 0.489 e. The molecule has 172 valence electrons. The summed E-state index contributed by atoms with van der Waals surface area (Å²) in [5.41, 5.74) is 2.82. The van der Waals surface area contributed by atoms with Gasteiger partial charge in [-0.25, -0.2) is 4.98 Å². The summed E-state index contributed by atoms with van der Waals surface area (Å²) in [5, 5.41) is 3.40. The third kappa shape index (κ3) is 3.97. The molecule has 1 amide bonds. The molecular weight excluding hydrogens is 520 g/mol. The zero-order chi connectivity index (χ0) is 23.4. The molecular formula is C26H20BrClN2O4. The van der Waals surface area contributed by atoms with Gasteiger partial charge in [-0.1, -0.05) is 27.5 Å². The first kappa shape index (κ1) is 21.6. The fourth-order valence-corrected chi connectivity index (χ4v) is 5.56. The van der Waals surface area contributed by atoms with Gasteiger partial charge in [-0.05, 0) is 54.4 Å². The average Bonchev–Trinajstić information content (AvgIpc) is 3.32. The Morgan fingerprint density at radius 1 is 1.21 bits per heavy atom.